The van der Waals surface area contributed by atoms with E-state index >= 15 is 0 Å². The zero-order chi connectivity index (χ0) is 16.1. The van der Waals surface area contributed by atoms with Crippen LogP contribution in [0.15, 0.2) is 24.3 Å². The number of ether oxygens (including phenoxy) is 3. The van der Waals surface area contributed by atoms with Crippen LogP contribution >= 0.6 is 0 Å². The third-order valence-electron chi connectivity index (χ3n) is 1.77. The molecular weight excluding hydrogens is 260 g/mol. The van der Waals surface area contributed by atoms with Gasteiger partial charge in [-0.05, 0) is 19.8 Å². The molecule has 0 atom stereocenters. The number of esters is 2. The average molecular weight is 286 g/mol. The second kappa shape index (κ2) is 12.4. The summed E-state index contributed by atoms with van der Waals surface area (Å²) in [4.78, 5) is 21.4. The molecule has 0 aliphatic rings. The summed E-state index contributed by atoms with van der Waals surface area (Å²) >= 11 is 0. The molecule has 20 heavy (non-hydrogen) atoms. The summed E-state index contributed by atoms with van der Waals surface area (Å²) in [6.07, 6.45) is 0. The highest BCUT2D eigenvalue weighted by atomic mass is 16.6. The summed E-state index contributed by atoms with van der Waals surface area (Å²) in [5.74, 6) is -0.269. The Morgan fingerprint density at radius 1 is 0.950 bits per heavy atom. The van der Waals surface area contributed by atoms with Crippen molar-refractivity contribution in [3.8, 4) is 0 Å². The summed E-state index contributed by atoms with van der Waals surface area (Å²) in [7, 11) is 1.55. The molecule has 0 unspecified atom stereocenters. The largest absolute Gasteiger partial charge is 0.462 e. The van der Waals surface area contributed by atoms with E-state index < -0.39 is 0 Å². The van der Waals surface area contributed by atoms with Crippen molar-refractivity contribution in [3.63, 3.8) is 0 Å². The van der Waals surface area contributed by atoms with Gasteiger partial charge in [0.1, 0.15) is 6.61 Å². The van der Waals surface area contributed by atoms with E-state index in [2.05, 4.69) is 22.6 Å². The van der Waals surface area contributed by atoms with Crippen LogP contribution in [0.25, 0.3) is 0 Å². The first-order chi connectivity index (χ1) is 9.22. The minimum absolute atomic E-state index is 0.294. The Morgan fingerprint density at radius 2 is 1.40 bits per heavy atom. The SMILES string of the molecule is C=C(C)C(=O)OCC(C)C.C=C(C)C(=O)OCCOC. The molecule has 116 valence electrons. The number of carbonyl (C=O) groups excluding carboxylic acids is 2. The maximum atomic E-state index is 10.7. The van der Waals surface area contributed by atoms with Gasteiger partial charge in [-0.1, -0.05) is 27.0 Å². The van der Waals surface area contributed by atoms with Crippen LogP contribution in [-0.4, -0.2) is 38.9 Å². The van der Waals surface area contributed by atoms with E-state index in [1.165, 1.54) is 0 Å². The van der Waals surface area contributed by atoms with Gasteiger partial charge in [-0.3, -0.25) is 0 Å². The van der Waals surface area contributed by atoms with Crippen molar-refractivity contribution in [2.45, 2.75) is 27.7 Å². The molecule has 0 heterocycles. The van der Waals surface area contributed by atoms with Gasteiger partial charge in [-0.15, -0.1) is 0 Å². The third kappa shape index (κ3) is 14.4. The standard InChI is InChI=1S/C8H14O2.C7H12O3/c1-6(2)5-10-8(9)7(3)4;1-6(2)7(8)10-5-4-9-3/h6H,3,5H2,1-2,4H3;1,4-5H2,2-3H3. The van der Waals surface area contributed by atoms with Crippen molar-refractivity contribution in [1.29, 1.82) is 0 Å². The highest BCUT2D eigenvalue weighted by Gasteiger charge is 2.03. The molecule has 0 bridgehead atoms. The fourth-order valence-electron chi connectivity index (χ4n) is 0.706. The molecular formula is C15H26O5. The Labute approximate surface area is 121 Å². The molecule has 0 saturated carbocycles. The summed E-state index contributed by atoms with van der Waals surface area (Å²) in [5.41, 5.74) is 0.872. The van der Waals surface area contributed by atoms with Crippen molar-refractivity contribution in [1.82, 2.24) is 0 Å². The molecule has 5 heteroatoms. The maximum Gasteiger partial charge on any atom is 0.333 e. The second-order valence-corrected chi connectivity index (χ2v) is 4.68. The minimum atomic E-state index is -0.364. The van der Waals surface area contributed by atoms with E-state index in [-0.39, 0.29) is 11.9 Å². The van der Waals surface area contributed by atoms with Gasteiger partial charge in [0.25, 0.3) is 0 Å². The van der Waals surface area contributed by atoms with E-state index in [4.69, 9.17) is 4.74 Å². The van der Waals surface area contributed by atoms with Crippen LogP contribution in [0, 0.1) is 5.92 Å². The van der Waals surface area contributed by atoms with Gasteiger partial charge in [0, 0.05) is 18.3 Å². The third-order valence-corrected chi connectivity index (χ3v) is 1.77. The summed E-state index contributed by atoms with van der Waals surface area (Å²) in [6, 6.07) is 0. The molecule has 0 spiro atoms. The average Bonchev–Trinajstić information content (AvgIpc) is 2.36. The van der Waals surface area contributed by atoms with Crippen LogP contribution in [0.3, 0.4) is 0 Å². The van der Waals surface area contributed by atoms with E-state index in [1.807, 2.05) is 13.8 Å². The lowest BCUT2D eigenvalue weighted by Crippen LogP contribution is -2.09. The Morgan fingerprint density at radius 3 is 1.75 bits per heavy atom. The lowest BCUT2D eigenvalue weighted by molar-refractivity contribution is -0.140. The lowest BCUT2D eigenvalue weighted by Gasteiger charge is -2.05. The summed E-state index contributed by atoms with van der Waals surface area (Å²) in [6.45, 7) is 15.3. The van der Waals surface area contributed by atoms with E-state index in [0.29, 0.717) is 36.9 Å². The van der Waals surface area contributed by atoms with Crippen LogP contribution < -0.4 is 0 Å². The van der Waals surface area contributed by atoms with Crippen LogP contribution in [0.1, 0.15) is 27.7 Å². The van der Waals surface area contributed by atoms with Crippen LogP contribution in [0.2, 0.25) is 0 Å². The molecule has 0 aliphatic carbocycles. The first kappa shape index (κ1) is 20.7. The Bertz CT molecular complexity index is 331. The van der Waals surface area contributed by atoms with Crippen molar-refractivity contribution in [2.24, 2.45) is 5.92 Å². The second-order valence-electron chi connectivity index (χ2n) is 4.68. The molecule has 0 amide bonds. The van der Waals surface area contributed by atoms with Crippen LogP contribution in [0.4, 0.5) is 0 Å². The molecule has 0 aliphatic heterocycles. The predicted molar refractivity (Wildman–Crippen MR) is 78.3 cm³/mol. The first-order valence-corrected chi connectivity index (χ1v) is 6.36. The van der Waals surface area contributed by atoms with Crippen molar-refractivity contribution < 1.29 is 23.8 Å². The quantitative estimate of drug-likeness (QED) is 0.409. The molecule has 0 radical (unpaired) electrons. The number of carbonyl (C=O) groups is 2. The molecule has 0 fully saturated rings. The van der Waals surface area contributed by atoms with E-state index in [9.17, 15) is 9.59 Å². The van der Waals surface area contributed by atoms with E-state index in [1.54, 1.807) is 21.0 Å². The summed E-state index contributed by atoms with van der Waals surface area (Å²) < 4.78 is 14.2. The van der Waals surface area contributed by atoms with Gasteiger partial charge in [0.2, 0.25) is 0 Å². The maximum absolute atomic E-state index is 10.7. The van der Waals surface area contributed by atoms with Crippen LogP contribution in [-0.2, 0) is 23.8 Å². The highest BCUT2D eigenvalue weighted by molar-refractivity contribution is 5.87. The topological polar surface area (TPSA) is 61.8 Å². The van der Waals surface area contributed by atoms with Crippen LogP contribution in [0.5, 0.6) is 0 Å². The van der Waals surface area contributed by atoms with Crippen molar-refractivity contribution in [3.05, 3.63) is 24.3 Å². The molecule has 5 nitrogen and oxygen atoms in total. The zero-order valence-corrected chi connectivity index (χ0v) is 13.2. The zero-order valence-electron chi connectivity index (χ0n) is 13.2. The van der Waals surface area contributed by atoms with Gasteiger partial charge < -0.3 is 14.2 Å². The monoisotopic (exact) mass is 286 g/mol. The van der Waals surface area contributed by atoms with Crippen molar-refractivity contribution in [2.75, 3.05) is 26.9 Å². The lowest BCUT2D eigenvalue weighted by atomic mass is 10.2. The van der Waals surface area contributed by atoms with E-state index in [0.717, 1.165) is 0 Å². The van der Waals surface area contributed by atoms with Gasteiger partial charge >= 0.3 is 11.9 Å². The normalized spacial score (nSPS) is 9.30. The smallest absolute Gasteiger partial charge is 0.333 e. The van der Waals surface area contributed by atoms with Gasteiger partial charge in [-0.25, -0.2) is 9.59 Å². The number of hydrogen-bond donors (Lipinski definition) is 0. The molecule has 0 aromatic carbocycles. The molecule has 0 aromatic rings. The fraction of sp³-hybridized carbons (Fsp3) is 0.600. The Kier molecular flexibility index (Phi) is 12.8. The van der Waals surface area contributed by atoms with Gasteiger partial charge in [0.15, 0.2) is 0 Å². The van der Waals surface area contributed by atoms with Crippen molar-refractivity contribution >= 4 is 11.9 Å². The molecule has 0 rings (SSSR count). The van der Waals surface area contributed by atoms with Gasteiger partial charge in [-0.2, -0.15) is 0 Å². The summed E-state index contributed by atoms with van der Waals surface area (Å²) in [5, 5.41) is 0. The Hall–Kier alpha value is -1.62. The first-order valence-electron chi connectivity index (χ1n) is 6.36. The molecule has 0 N–H and O–H groups in total. The minimum Gasteiger partial charge on any atom is -0.462 e. The number of methoxy groups -OCH3 is 1. The number of rotatable bonds is 7. The molecule has 0 aromatic heterocycles. The number of hydrogen-bond acceptors (Lipinski definition) is 5. The van der Waals surface area contributed by atoms with Gasteiger partial charge in [0.05, 0.1) is 13.2 Å². The predicted octanol–water partition coefficient (Wildman–Crippen LogP) is 2.51. The Balaban J connectivity index is 0. The highest BCUT2D eigenvalue weighted by Crippen LogP contribution is 1.97. The fourth-order valence-corrected chi connectivity index (χ4v) is 0.706. The molecule has 0 saturated heterocycles.